The number of rotatable bonds is 3. The van der Waals surface area contributed by atoms with Crippen molar-refractivity contribution in [1.82, 2.24) is 4.98 Å². The van der Waals surface area contributed by atoms with E-state index in [0.29, 0.717) is 6.54 Å². The molecule has 15 heavy (non-hydrogen) atoms. The highest BCUT2D eigenvalue weighted by Gasteiger charge is 2.10. The molecule has 2 heterocycles. The van der Waals surface area contributed by atoms with Gasteiger partial charge >= 0.3 is 0 Å². The summed E-state index contributed by atoms with van der Waals surface area (Å²) in [6.45, 7) is 2.70. The van der Waals surface area contributed by atoms with E-state index >= 15 is 0 Å². The Bertz CT molecular complexity index is 462. The second-order valence-corrected chi connectivity index (χ2v) is 5.97. The highest BCUT2D eigenvalue weighted by atomic mass is 35.5. The third-order valence-corrected chi connectivity index (χ3v) is 4.67. The molecular formula is C10H11ClN2S2. The molecule has 0 atom stereocenters. The van der Waals surface area contributed by atoms with Crippen molar-refractivity contribution in [3.63, 3.8) is 0 Å². The Labute approximate surface area is 102 Å². The minimum Gasteiger partial charge on any atom is -0.330 e. The number of thiophene rings is 1. The van der Waals surface area contributed by atoms with Crippen molar-refractivity contribution >= 4 is 34.3 Å². The van der Waals surface area contributed by atoms with E-state index in [4.69, 9.17) is 17.3 Å². The quantitative estimate of drug-likeness (QED) is 0.917. The maximum atomic E-state index is 5.89. The summed E-state index contributed by atoms with van der Waals surface area (Å²) in [4.78, 5) is 6.94. The van der Waals surface area contributed by atoms with Crippen LogP contribution < -0.4 is 5.73 Å². The molecule has 0 spiro atoms. The van der Waals surface area contributed by atoms with Crippen molar-refractivity contribution in [2.45, 2.75) is 13.3 Å². The molecule has 2 aromatic rings. The lowest BCUT2D eigenvalue weighted by molar-refractivity contribution is 0.970. The van der Waals surface area contributed by atoms with E-state index in [-0.39, 0.29) is 0 Å². The van der Waals surface area contributed by atoms with Crippen molar-refractivity contribution in [2.24, 2.45) is 5.73 Å². The van der Waals surface area contributed by atoms with Crippen LogP contribution in [0.2, 0.25) is 4.34 Å². The summed E-state index contributed by atoms with van der Waals surface area (Å²) in [5, 5.41) is 1.05. The molecule has 0 bridgehead atoms. The summed E-state index contributed by atoms with van der Waals surface area (Å²) < 4.78 is 0.804. The van der Waals surface area contributed by atoms with Gasteiger partial charge in [0.15, 0.2) is 0 Å². The number of thiazole rings is 1. The number of halogens is 1. The number of nitrogens with zero attached hydrogens (tertiary/aromatic N) is 1. The summed E-state index contributed by atoms with van der Waals surface area (Å²) in [5.41, 5.74) is 6.63. The normalized spacial score (nSPS) is 10.9. The molecule has 0 saturated carbocycles. The van der Waals surface area contributed by atoms with Gasteiger partial charge in [-0.1, -0.05) is 11.6 Å². The van der Waals surface area contributed by atoms with Gasteiger partial charge in [-0.25, -0.2) is 4.98 Å². The largest absolute Gasteiger partial charge is 0.330 e. The molecule has 0 aliphatic heterocycles. The van der Waals surface area contributed by atoms with Gasteiger partial charge in [0.05, 0.1) is 14.9 Å². The fourth-order valence-corrected chi connectivity index (χ4v) is 3.50. The molecule has 0 amide bonds. The van der Waals surface area contributed by atoms with E-state index in [1.54, 1.807) is 22.7 Å². The van der Waals surface area contributed by atoms with Crippen molar-refractivity contribution in [2.75, 3.05) is 6.54 Å². The third kappa shape index (κ3) is 2.39. The minimum atomic E-state index is 0.674. The number of aryl methyl sites for hydroxylation is 1. The maximum Gasteiger partial charge on any atom is 0.133 e. The first kappa shape index (κ1) is 11.1. The molecule has 0 unspecified atom stereocenters. The molecule has 2 rings (SSSR count). The second-order valence-electron chi connectivity index (χ2n) is 3.17. The SMILES string of the molecule is Cc1nc(-c2ccc(Cl)s2)sc1CCN. The van der Waals surface area contributed by atoms with Crippen LogP contribution in [0.1, 0.15) is 10.6 Å². The first-order chi connectivity index (χ1) is 7.20. The Balaban J connectivity index is 2.33. The topological polar surface area (TPSA) is 38.9 Å². The Morgan fingerprint density at radius 1 is 1.40 bits per heavy atom. The minimum absolute atomic E-state index is 0.674. The van der Waals surface area contributed by atoms with Gasteiger partial charge in [-0.3, -0.25) is 0 Å². The zero-order chi connectivity index (χ0) is 10.8. The molecule has 0 saturated heterocycles. The summed E-state index contributed by atoms with van der Waals surface area (Å²) in [6.07, 6.45) is 0.905. The Kier molecular flexibility index (Phi) is 3.41. The predicted molar refractivity (Wildman–Crippen MR) is 67.9 cm³/mol. The highest BCUT2D eigenvalue weighted by molar-refractivity contribution is 7.23. The van der Waals surface area contributed by atoms with Gasteiger partial charge in [-0.05, 0) is 32.0 Å². The van der Waals surface area contributed by atoms with Crippen LogP contribution in [-0.2, 0) is 6.42 Å². The molecule has 0 aliphatic rings. The van der Waals surface area contributed by atoms with Crippen LogP contribution in [0.5, 0.6) is 0 Å². The average Bonchev–Trinajstić information content (AvgIpc) is 2.75. The highest BCUT2D eigenvalue weighted by Crippen LogP contribution is 2.34. The van der Waals surface area contributed by atoms with E-state index < -0.39 is 0 Å². The van der Waals surface area contributed by atoms with Crippen molar-refractivity contribution < 1.29 is 0 Å². The van der Waals surface area contributed by atoms with Gasteiger partial charge in [0.25, 0.3) is 0 Å². The number of hydrogen-bond acceptors (Lipinski definition) is 4. The lowest BCUT2D eigenvalue weighted by Crippen LogP contribution is -2.01. The predicted octanol–water partition coefficient (Wildman–Crippen LogP) is 3.33. The standard InChI is InChI=1S/C10H11ClN2S2/c1-6-7(4-5-12)15-10(13-6)8-2-3-9(11)14-8/h2-3H,4-5,12H2,1H3. The van der Waals surface area contributed by atoms with Crippen LogP contribution in [0.15, 0.2) is 12.1 Å². The Morgan fingerprint density at radius 3 is 2.80 bits per heavy atom. The summed E-state index contributed by atoms with van der Waals surface area (Å²) in [7, 11) is 0. The van der Waals surface area contributed by atoms with E-state index in [2.05, 4.69) is 4.98 Å². The molecule has 0 aromatic carbocycles. The van der Waals surface area contributed by atoms with Gasteiger partial charge in [-0.15, -0.1) is 22.7 Å². The number of hydrogen-bond donors (Lipinski definition) is 1. The molecule has 0 fully saturated rings. The molecule has 0 aliphatic carbocycles. The van der Waals surface area contributed by atoms with E-state index in [0.717, 1.165) is 26.3 Å². The van der Waals surface area contributed by atoms with Crippen molar-refractivity contribution in [3.8, 4) is 9.88 Å². The first-order valence-corrected chi connectivity index (χ1v) is 6.64. The van der Waals surface area contributed by atoms with Crippen LogP contribution in [0.3, 0.4) is 0 Å². The summed E-state index contributed by atoms with van der Waals surface area (Å²) >= 11 is 9.17. The van der Waals surface area contributed by atoms with Crippen molar-refractivity contribution in [1.29, 1.82) is 0 Å². The third-order valence-electron chi connectivity index (χ3n) is 2.05. The molecule has 2 N–H and O–H groups in total. The van der Waals surface area contributed by atoms with Crippen LogP contribution in [0.25, 0.3) is 9.88 Å². The number of aromatic nitrogens is 1. The van der Waals surface area contributed by atoms with Gasteiger partial charge in [-0.2, -0.15) is 0 Å². The van der Waals surface area contributed by atoms with Crippen LogP contribution in [0, 0.1) is 6.92 Å². The molecule has 2 aromatic heterocycles. The van der Waals surface area contributed by atoms with Crippen molar-refractivity contribution in [3.05, 3.63) is 27.0 Å². The second kappa shape index (κ2) is 4.61. The average molecular weight is 259 g/mol. The zero-order valence-corrected chi connectivity index (χ0v) is 10.7. The summed E-state index contributed by atoms with van der Waals surface area (Å²) in [6, 6.07) is 3.92. The van der Waals surface area contributed by atoms with Gasteiger partial charge in [0.1, 0.15) is 5.01 Å². The monoisotopic (exact) mass is 258 g/mol. The van der Waals surface area contributed by atoms with Crippen LogP contribution >= 0.6 is 34.3 Å². The van der Waals surface area contributed by atoms with E-state index in [1.165, 1.54) is 4.88 Å². The molecule has 0 radical (unpaired) electrons. The maximum absolute atomic E-state index is 5.89. The molecular weight excluding hydrogens is 248 g/mol. The molecule has 2 nitrogen and oxygen atoms in total. The van der Waals surface area contributed by atoms with E-state index in [1.807, 2.05) is 19.1 Å². The van der Waals surface area contributed by atoms with Crippen LogP contribution in [-0.4, -0.2) is 11.5 Å². The fraction of sp³-hybridized carbons (Fsp3) is 0.300. The van der Waals surface area contributed by atoms with Gasteiger partial charge in [0.2, 0.25) is 0 Å². The summed E-state index contributed by atoms with van der Waals surface area (Å²) in [5.74, 6) is 0. The zero-order valence-electron chi connectivity index (χ0n) is 8.29. The molecule has 80 valence electrons. The lowest BCUT2D eigenvalue weighted by Gasteiger charge is -1.90. The number of nitrogens with two attached hydrogens (primary N) is 1. The van der Waals surface area contributed by atoms with Gasteiger partial charge < -0.3 is 5.73 Å². The van der Waals surface area contributed by atoms with Gasteiger partial charge in [0, 0.05) is 4.88 Å². The Hall–Kier alpha value is -0.420. The fourth-order valence-electron chi connectivity index (χ4n) is 1.33. The van der Waals surface area contributed by atoms with E-state index in [9.17, 15) is 0 Å². The lowest BCUT2D eigenvalue weighted by atomic mass is 10.3. The smallest absolute Gasteiger partial charge is 0.133 e. The first-order valence-electron chi connectivity index (χ1n) is 4.63. The molecule has 5 heteroatoms. The Morgan fingerprint density at radius 2 is 2.20 bits per heavy atom. The van der Waals surface area contributed by atoms with Crippen LogP contribution in [0.4, 0.5) is 0 Å².